The minimum atomic E-state index is -0.0339. The van der Waals surface area contributed by atoms with E-state index in [2.05, 4.69) is 13.8 Å². The lowest BCUT2D eigenvalue weighted by molar-refractivity contribution is 0.0786. The number of ether oxygens (including phenoxy) is 1. The van der Waals surface area contributed by atoms with Gasteiger partial charge in [-0.1, -0.05) is 26.0 Å². The van der Waals surface area contributed by atoms with E-state index in [-0.39, 0.29) is 11.9 Å². The van der Waals surface area contributed by atoms with Gasteiger partial charge < -0.3 is 15.4 Å². The molecule has 1 rings (SSSR count). The Bertz CT molecular complexity index is 418. The Morgan fingerprint density at radius 1 is 1.37 bits per heavy atom. The van der Waals surface area contributed by atoms with Gasteiger partial charge in [-0.05, 0) is 24.5 Å². The van der Waals surface area contributed by atoms with Crippen molar-refractivity contribution in [2.75, 3.05) is 20.7 Å². The molecule has 0 radical (unpaired) electrons. The molecule has 0 saturated heterocycles. The first-order chi connectivity index (χ1) is 8.97. The maximum absolute atomic E-state index is 12.3. The van der Waals surface area contributed by atoms with E-state index < -0.39 is 0 Å². The van der Waals surface area contributed by atoms with Crippen LogP contribution in [0.2, 0.25) is 0 Å². The molecule has 1 atom stereocenters. The van der Waals surface area contributed by atoms with Gasteiger partial charge in [0, 0.05) is 19.6 Å². The third-order valence-corrected chi connectivity index (χ3v) is 3.34. The number of amides is 1. The van der Waals surface area contributed by atoms with Crippen molar-refractivity contribution in [3.8, 4) is 5.75 Å². The standard InChI is InChI=1S/C15H24N2O2/c1-11(2)13(16)9-10-17(3)15(18)12-7-5-6-8-14(12)19-4/h5-8,11,13H,9-10,16H2,1-4H3. The fourth-order valence-electron chi connectivity index (χ4n) is 1.80. The average molecular weight is 264 g/mol. The second-order valence-electron chi connectivity index (χ2n) is 5.12. The number of methoxy groups -OCH3 is 1. The van der Waals surface area contributed by atoms with E-state index in [0.29, 0.717) is 23.8 Å². The van der Waals surface area contributed by atoms with E-state index >= 15 is 0 Å². The molecule has 2 N–H and O–H groups in total. The van der Waals surface area contributed by atoms with E-state index in [1.165, 1.54) is 0 Å². The van der Waals surface area contributed by atoms with Crippen molar-refractivity contribution in [2.24, 2.45) is 11.7 Å². The van der Waals surface area contributed by atoms with Crippen LogP contribution in [0.4, 0.5) is 0 Å². The van der Waals surface area contributed by atoms with E-state index in [4.69, 9.17) is 10.5 Å². The summed E-state index contributed by atoms with van der Waals surface area (Å²) >= 11 is 0. The lowest BCUT2D eigenvalue weighted by Gasteiger charge is -2.22. The Morgan fingerprint density at radius 2 is 2.00 bits per heavy atom. The third kappa shape index (κ3) is 4.24. The van der Waals surface area contributed by atoms with Gasteiger partial charge in [0.25, 0.3) is 5.91 Å². The van der Waals surface area contributed by atoms with Crippen LogP contribution in [0.1, 0.15) is 30.6 Å². The van der Waals surface area contributed by atoms with Crippen molar-refractivity contribution in [1.82, 2.24) is 4.90 Å². The zero-order valence-corrected chi connectivity index (χ0v) is 12.2. The van der Waals surface area contributed by atoms with E-state index in [0.717, 1.165) is 6.42 Å². The molecule has 19 heavy (non-hydrogen) atoms. The van der Waals surface area contributed by atoms with E-state index in [9.17, 15) is 4.79 Å². The van der Waals surface area contributed by atoms with Crippen molar-refractivity contribution >= 4 is 5.91 Å². The van der Waals surface area contributed by atoms with Crippen molar-refractivity contribution in [3.05, 3.63) is 29.8 Å². The fraction of sp³-hybridized carbons (Fsp3) is 0.533. The highest BCUT2D eigenvalue weighted by Gasteiger charge is 2.17. The first-order valence-electron chi connectivity index (χ1n) is 6.61. The van der Waals surface area contributed by atoms with Crippen LogP contribution in [-0.4, -0.2) is 37.6 Å². The molecule has 0 spiro atoms. The molecule has 0 aliphatic rings. The number of carbonyl (C=O) groups is 1. The van der Waals surface area contributed by atoms with Crippen LogP contribution in [0.5, 0.6) is 5.75 Å². The number of nitrogens with zero attached hydrogens (tertiary/aromatic N) is 1. The molecule has 1 amide bonds. The first kappa shape index (κ1) is 15.5. The topological polar surface area (TPSA) is 55.6 Å². The molecule has 0 bridgehead atoms. The summed E-state index contributed by atoms with van der Waals surface area (Å²) < 4.78 is 5.21. The molecule has 0 aliphatic carbocycles. The predicted octanol–water partition coefficient (Wildman–Crippen LogP) is 2.14. The van der Waals surface area contributed by atoms with Crippen LogP contribution in [0.15, 0.2) is 24.3 Å². The largest absolute Gasteiger partial charge is 0.496 e. The number of hydrogen-bond acceptors (Lipinski definition) is 3. The van der Waals surface area contributed by atoms with Crippen LogP contribution >= 0.6 is 0 Å². The van der Waals surface area contributed by atoms with Gasteiger partial charge in [0.15, 0.2) is 0 Å². The molecule has 0 saturated carbocycles. The number of benzene rings is 1. The number of nitrogens with two attached hydrogens (primary N) is 1. The Labute approximate surface area is 115 Å². The number of rotatable bonds is 6. The van der Waals surface area contributed by atoms with Crippen LogP contribution in [0.25, 0.3) is 0 Å². The quantitative estimate of drug-likeness (QED) is 0.856. The first-order valence-corrected chi connectivity index (χ1v) is 6.61. The summed E-state index contributed by atoms with van der Waals surface area (Å²) in [5.74, 6) is 0.996. The number of para-hydroxylation sites is 1. The summed E-state index contributed by atoms with van der Waals surface area (Å²) in [5.41, 5.74) is 6.59. The molecule has 0 aliphatic heterocycles. The molecule has 4 heteroatoms. The smallest absolute Gasteiger partial charge is 0.257 e. The maximum Gasteiger partial charge on any atom is 0.257 e. The monoisotopic (exact) mass is 264 g/mol. The van der Waals surface area contributed by atoms with Gasteiger partial charge >= 0.3 is 0 Å². The summed E-state index contributed by atoms with van der Waals surface area (Å²) in [4.78, 5) is 14.0. The normalized spacial score (nSPS) is 12.3. The second-order valence-corrected chi connectivity index (χ2v) is 5.12. The zero-order chi connectivity index (χ0) is 14.4. The highest BCUT2D eigenvalue weighted by molar-refractivity contribution is 5.96. The summed E-state index contributed by atoms with van der Waals surface area (Å²) in [6.45, 7) is 4.83. The minimum absolute atomic E-state index is 0.0339. The summed E-state index contributed by atoms with van der Waals surface area (Å²) in [6, 6.07) is 7.38. The highest BCUT2D eigenvalue weighted by atomic mass is 16.5. The average Bonchev–Trinajstić information content (AvgIpc) is 2.43. The molecule has 106 valence electrons. The Hall–Kier alpha value is -1.55. The Morgan fingerprint density at radius 3 is 2.58 bits per heavy atom. The van der Waals surface area contributed by atoms with Gasteiger partial charge in [0.2, 0.25) is 0 Å². The van der Waals surface area contributed by atoms with Gasteiger partial charge in [-0.15, -0.1) is 0 Å². The van der Waals surface area contributed by atoms with Gasteiger partial charge in [0.05, 0.1) is 12.7 Å². The van der Waals surface area contributed by atoms with Gasteiger partial charge in [-0.2, -0.15) is 0 Å². The Balaban J connectivity index is 2.66. The minimum Gasteiger partial charge on any atom is -0.496 e. The molecular formula is C15H24N2O2. The lowest BCUT2D eigenvalue weighted by Crippen LogP contribution is -2.34. The van der Waals surface area contributed by atoms with Crippen molar-refractivity contribution in [2.45, 2.75) is 26.3 Å². The van der Waals surface area contributed by atoms with Gasteiger partial charge in [-0.3, -0.25) is 4.79 Å². The summed E-state index contributed by atoms with van der Waals surface area (Å²) in [6.07, 6.45) is 0.801. The summed E-state index contributed by atoms with van der Waals surface area (Å²) in [5, 5.41) is 0. The molecular weight excluding hydrogens is 240 g/mol. The summed E-state index contributed by atoms with van der Waals surface area (Å²) in [7, 11) is 3.36. The molecule has 0 aromatic heterocycles. The van der Waals surface area contributed by atoms with Crippen molar-refractivity contribution in [1.29, 1.82) is 0 Å². The third-order valence-electron chi connectivity index (χ3n) is 3.34. The van der Waals surface area contributed by atoms with E-state index in [1.54, 1.807) is 31.2 Å². The van der Waals surface area contributed by atoms with Crippen molar-refractivity contribution < 1.29 is 9.53 Å². The van der Waals surface area contributed by atoms with Crippen LogP contribution in [-0.2, 0) is 0 Å². The predicted molar refractivity (Wildman–Crippen MR) is 77.4 cm³/mol. The molecule has 4 nitrogen and oxygen atoms in total. The Kier molecular flexibility index (Phi) is 5.83. The SMILES string of the molecule is COc1ccccc1C(=O)N(C)CCC(N)C(C)C. The fourth-order valence-corrected chi connectivity index (χ4v) is 1.80. The zero-order valence-electron chi connectivity index (χ0n) is 12.2. The molecule has 1 unspecified atom stereocenters. The lowest BCUT2D eigenvalue weighted by atomic mass is 10.0. The maximum atomic E-state index is 12.3. The molecule has 0 heterocycles. The molecule has 0 fully saturated rings. The van der Waals surface area contributed by atoms with Gasteiger partial charge in [0.1, 0.15) is 5.75 Å². The highest BCUT2D eigenvalue weighted by Crippen LogP contribution is 2.19. The van der Waals surface area contributed by atoms with Crippen molar-refractivity contribution in [3.63, 3.8) is 0 Å². The van der Waals surface area contributed by atoms with Crippen LogP contribution < -0.4 is 10.5 Å². The van der Waals surface area contributed by atoms with E-state index in [1.807, 2.05) is 12.1 Å². The molecule has 1 aromatic rings. The van der Waals surface area contributed by atoms with Crippen LogP contribution in [0, 0.1) is 5.92 Å². The molecule has 1 aromatic carbocycles. The number of hydrogen-bond donors (Lipinski definition) is 1. The van der Waals surface area contributed by atoms with Gasteiger partial charge in [-0.25, -0.2) is 0 Å². The van der Waals surface area contributed by atoms with Crippen LogP contribution in [0.3, 0.4) is 0 Å². The number of carbonyl (C=O) groups excluding carboxylic acids is 1. The second kappa shape index (κ2) is 7.14.